The van der Waals surface area contributed by atoms with E-state index < -0.39 is 12.0 Å². The molecule has 2 rings (SSSR count). The van der Waals surface area contributed by atoms with Crippen molar-refractivity contribution in [1.82, 2.24) is 20.2 Å². The number of hydrogen-bond acceptors (Lipinski definition) is 6. The Labute approximate surface area is 122 Å². The number of halogens is 1. The van der Waals surface area contributed by atoms with Crippen LogP contribution in [0.1, 0.15) is 5.69 Å². The number of nitrogens with one attached hydrogen (secondary N) is 1. The second-order valence-electron chi connectivity index (χ2n) is 4.04. The molecule has 0 bridgehead atoms. The van der Waals surface area contributed by atoms with Crippen LogP contribution in [-0.4, -0.2) is 57.9 Å². The Bertz CT molecular complexity index is 435. The normalized spacial score (nSPS) is 19.7. The van der Waals surface area contributed by atoms with Gasteiger partial charge in [0.15, 0.2) is 0 Å². The minimum Gasteiger partial charge on any atom is -0.480 e. The van der Waals surface area contributed by atoms with Crippen LogP contribution in [0.5, 0.6) is 0 Å². The number of hydrogen-bond donors (Lipinski definition) is 2. The highest BCUT2D eigenvalue weighted by Crippen LogP contribution is 2.18. The van der Waals surface area contributed by atoms with E-state index in [-0.39, 0.29) is 12.4 Å². The molecule has 1 fully saturated rings. The van der Waals surface area contributed by atoms with Gasteiger partial charge < -0.3 is 10.4 Å². The van der Waals surface area contributed by atoms with E-state index in [1.807, 2.05) is 11.2 Å². The van der Waals surface area contributed by atoms with E-state index in [0.29, 0.717) is 19.6 Å². The number of thioether (sulfide) groups is 1. The Kier molecular flexibility index (Phi) is 6.50. The smallest absolute Gasteiger partial charge is 0.322 e. The van der Waals surface area contributed by atoms with E-state index in [1.165, 1.54) is 11.8 Å². The van der Waals surface area contributed by atoms with E-state index in [4.69, 9.17) is 0 Å². The molecule has 1 aromatic heterocycles. The van der Waals surface area contributed by atoms with Crippen LogP contribution in [0.3, 0.4) is 0 Å². The third-order valence-electron chi connectivity index (χ3n) is 2.92. The molecule has 0 spiro atoms. The Morgan fingerprint density at radius 3 is 3.00 bits per heavy atom. The van der Waals surface area contributed by atoms with Gasteiger partial charge in [-0.15, -0.1) is 24.2 Å². The average Bonchev–Trinajstić information content (AvgIpc) is 2.40. The van der Waals surface area contributed by atoms with Crippen molar-refractivity contribution < 1.29 is 9.90 Å². The number of nitrogens with zero attached hydrogens (tertiary/aromatic N) is 3. The highest BCUT2D eigenvalue weighted by molar-refractivity contribution is 7.98. The van der Waals surface area contributed by atoms with Gasteiger partial charge in [-0.2, -0.15) is 0 Å². The number of aliphatic carboxylic acids is 1. The highest BCUT2D eigenvalue weighted by atomic mass is 35.5. The fourth-order valence-electron chi connectivity index (χ4n) is 2.00. The van der Waals surface area contributed by atoms with Crippen LogP contribution < -0.4 is 5.32 Å². The van der Waals surface area contributed by atoms with Gasteiger partial charge in [0.05, 0.1) is 5.69 Å². The van der Waals surface area contributed by atoms with Gasteiger partial charge in [0.1, 0.15) is 11.1 Å². The molecule has 0 amide bonds. The summed E-state index contributed by atoms with van der Waals surface area (Å²) in [6.45, 7) is 2.52. The largest absolute Gasteiger partial charge is 0.480 e. The van der Waals surface area contributed by atoms with Gasteiger partial charge in [0.25, 0.3) is 0 Å². The summed E-state index contributed by atoms with van der Waals surface area (Å²) in [5.41, 5.74) is 0.846. The van der Waals surface area contributed by atoms with Gasteiger partial charge in [0, 0.05) is 38.6 Å². The lowest BCUT2D eigenvalue weighted by Gasteiger charge is -2.33. The summed E-state index contributed by atoms with van der Waals surface area (Å²) in [5, 5.41) is 13.1. The molecule has 1 atom stereocenters. The molecule has 2 N–H and O–H groups in total. The van der Waals surface area contributed by atoms with E-state index in [9.17, 15) is 9.90 Å². The van der Waals surface area contributed by atoms with Crippen molar-refractivity contribution in [1.29, 1.82) is 0 Å². The molecule has 2 heterocycles. The Balaban J connectivity index is 0.00000180. The third kappa shape index (κ3) is 4.04. The minimum absolute atomic E-state index is 0. The molecule has 6 nitrogen and oxygen atoms in total. The van der Waals surface area contributed by atoms with E-state index in [2.05, 4.69) is 15.3 Å². The summed E-state index contributed by atoms with van der Waals surface area (Å²) in [5.74, 6) is -0.795. The molecule has 8 heteroatoms. The molecule has 1 aliphatic heterocycles. The van der Waals surface area contributed by atoms with E-state index in [0.717, 1.165) is 17.3 Å². The molecular formula is C11H17ClN4O2S. The molecule has 0 aliphatic carbocycles. The second-order valence-corrected chi connectivity index (χ2v) is 4.84. The standard InChI is InChI=1S/C11H16N4O2S.ClH/c1-18-10-8(13-2-3-14-10)7-15-5-4-12-6-9(15)11(16)17;/h2-3,9,12H,4-7H2,1H3,(H,16,17);1H. The molecule has 1 aliphatic rings. The Morgan fingerprint density at radius 2 is 2.32 bits per heavy atom. The van der Waals surface area contributed by atoms with Crippen molar-refractivity contribution in [3.05, 3.63) is 18.1 Å². The van der Waals surface area contributed by atoms with Gasteiger partial charge in [-0.25, -0.2) is 4.98 Å². The summed E-state index contributed by atoms with van der Waals surface area (Å²) in [7, 11) is 0. The molecular weight excluding hydrogens is 288 g/mol. The maximum atomic E-state index is 11.2. The first kappa shape index (κ1) is 16.2. The van der Waals surface area contributed by atoms with Crippen molar-refractivity contribution in [3.63, 3.8) is 0 Å². The number of aromatic nitrogens is 2. The third-order valence-corrected chi connectivity index (χ3v) is 3.65. The zero-order valence-corrected chi connectivity index (χ0v) is 12.2. The molecule has 1 saturated heterocycles. The summed E-state index contributed by atoms with van der Waals surface area (Å²) < 4.78 is 0. The predicted molar refractivity (Wildman–Crippen MR) is 75.8 cm³/mol. The number of carboxylic acid groups (broad SMARTS) is 1. The maximum Gasteiger partial charge on any atom is 0.322 e. The van der Waals surface area contributed by atoms with Gasteiger partial charge in [-0.3, -0.25) is 14.7 Å². The molecule has 1 unspecified atom stereocenters. The molecule has 0 radical (unpaired) electrons. The van der Waals surface area contributed by atoms with Gasteiger partial charge in [0.2, 0.25) is 0 Å². The van der Waals surface area contributed by atoms with Gasteiger partial charge >= 0.3 is 5.97 Å². The fraction of sp³-hybridized carbons (Fsp3) is 0.545. The number of rotatable bonds is 4. The quantitative estimate of drug-likeness (QED) is 0.783. The van der Waals surface area contributed by atoms with Crippen LogP contribution in [0.4, 0.5) is 0 Å². The Morgan fingerprint density at radius 1 is 1.58 bits per heavy atom. The lowest BCUT2D eigenvalue weighted by atomic mass is 10.2. The summed E-state index contributed by atoms with van der Waals surface area (Å²) in [6.07, 6.45) is 5.24. The molecule has 0 saturated carbocycles. The number of carbonyl (C=O) groups is 1. The minimum atomic E-state index is -0.795. The number of carboxylic acids is 1. The Hall–Kier alpha value is -0.890. The topological polar surface area (TPSA) is 78.4 Å². The number of piperazine rings is 1. The fourth-order valence-corrected chi connectivity index (χ4v) is 2.52. The molecule has 19 heavy (non-hydrogen) atoms. The van der Waals surface area contributed by atoms with Crippen molar-refractivity contribution >= 4 is 30.1 Å². The first-order chi connectivity index (χ1) is 8.72. The zero-order chi connectivity index (χ0) is 13.0. The summed E-state index contributed by atoms with van der Waals surface area (Å²) >= 11 is 1.53. The zero-order valence-electron chi connectivity index (χ0n) is 10.6. The van der Waals surface area contributed by atoms with Crippen LogP contribution in [0.2, 0.25) is 0 Å². The van der Waals surface area contributed by atoms with E-state index >= 15 is 0 Å². The van der Waals surface area contributed by atoms with Crippen LogP contribution in [-0.2, 0) is 11.3 Å². The van der Waals surface area contributed by atoms with Crippen molar-refractivity contribution in [2.75, 3.05) is 25.9 Å². The highest BCUT2D eigenvalue weighted by Gasteiger charge is 2.29. The van der Waals surface area contributed by atoms with Crippen LogP contribution in [0, 0.1) is 0 Å². The van der Waals surface area contributed by atoms with Crippen LogP contribution >= 0.6 is 24.2 Å². The van der Waals surface area contributed by atoms with Crippen LogP contribution in [0.25, 0.3) is 0 Å². The van der Waals surface area contributed by atoms with Crippen molar-refractivity contribution in [2.45, 2.75) is 17.6 Å². The lowest BCUT2D eigenvalue weighted by molar-refractivity contribution is -0.144. The molecule has 1 aromatic rings. The van der Waals surface area contributed by atoms with E-state index in [1.54, 1.807) is 12.4 Å². The second kappa shape index (κ2) is 7.64. The average molecular weight is 305 g/mol. The first-order valence-electron chi connectivity index (χ1n) is 5.74. The first-order valence-corrected chi connectivity index (χ1v) is 6.96. The monoisotopic (exact) mass is 304 g/mol. The van der Waals surface area contributed by atoms with Gasteiger partial charge in [-0.05, 0) is 6.26 Å². The van der Waals surface area contributed by atoms with Crippen LogP contribution in [0.15, 0.2) is 17.4 Å². The summed E-state index contributed by atoms with van der Waals surface area (Å²) in [6, 6.07) is -0.490. The van der Waals surface area contributed by atoms with Gasteiger partial charge in [-0.1, -0.05) is 0 Å². The van der Waals surface area contributed by atoms with Crippen molar-refractivity contribution in [3.8, 4) is 0 Å². The SMILES string of the molecule is CSc1nccnc1CN1CCNCC1C(=O)O.Cl. The molecule has 0 aromatic carbocycles. The lowest BCUT2D eigenvalue weighted by Crippen LogP contribution is -2.54. The summed E-state index contributed by atoms with van der Waals surface area (Å²) in [4.78, 5) is 21.7. The maximum absolute atomic E-state index is 11.2. The van der Waals surface area contributed by atoms with Crippen molar-refractivity contribution in [2.24, 2.45) is 0 Å². The molecule has 106 valence electrons. The predicted octanol–water partition coefficient (Wildman–Crippen LogP) is 0.479.